The fourth-order valence-corrected chi connectivity index (χ4v) is 4.50. The fraction of sp³-hybridized carbons (Fsp3) is 0.130. The number of fused-ring (bicyclic) bond motifs is 1. The van der Waals surface area contributed by atoms with Crippen LogP contribution in [0.15, 0.2) is 78.2 Å². The van der Waals surface area contributed by atoms with Gasteiger partial charge in [-0.3, -0.25) is 14.3 Å². The number of halogens is 1. The number of carbonyl (C=O) groups excluding carboxylic acids is 1. The summed E-state index contributed by atoms with van der Waals surface area (Å²) >= 11 is 1.32. The van der Waals surface area contributed by atoms with E-state index in [1.807, 2.05) is 39.8 Å². The second-order valence-corrected chi connectivity index (χ2v) is 8.01. The third-order valence-electron chi connectivity index (χ3n) is 5.15. The fourth-order valence-electron chi connectivity index (χ4n) is 3.67. The third-order valence-corrected chi connectivity index (χ3v) is 6.06. The van der Waals surface area contributed by atoms with Gasteiger partial charge in [0.2, 0.25) is 5.91 Å². The maximum Gasteiger partial charge on any atom is 0.237 e. The van der Waals surface area contributed by atoms with Gasteiger partial charge in [-0.25, -0.2) is 4.39 Å². The van der Waals surface area contributed by atoms with Crippen molar-refractivity contribution in [1.82, 2.24) is 19.7 Å². The molecule has 1 aliphatic heterocycles. The molecule has 0 spiro atoms. The number of hydrogen-bond donors (Lipinski definition) is 0. The minimum atomic E-state index is -0.322. The van der Waals surface area contributed by atoms with Crippen LogP contribution in [-0.4, -0.2) is 38.0 Å². The molecule has 8 heteroatoms. The van der Waals surface area contributed by atoms with E-state index < -0.39 is 0 Å². The van der Waals surface area contributed by atoms with Crippen molar-refractivity contribution in [2.24, 2.45) is 0 Å². The van der Waals surface area contributed by atoms with Crippen LogP contribution in [0, 0.1) is 5.82 Å². The lowest BCUT2D eigenvalue weighted by atomic mass is 10.2. The molecule has 0 bridgehead atoms. The summed E-state index contributed by atoms with van der Waals surface area (Å²) in [6, 6.07) is 17.8. The Hall–Kier alpha value is -3.52. The molecular weight excluding hydrogens is 413 g/mol. The van der Waals surface area contributed by atoms with E-state index in [1.165, 1.54) is 29.5 Å². The van der Waals surface area contributed by atoms with Crippen LogP contribution in [0.25, 0.3) is 17.1 Å². The zero-order chi connectivity index (χ0) is 21.2. The van der Waals surface area contributed by atoms with Gasteiger partial charge < -0.3 is 4.90 Å². The zero-order valence-electron chi connectivity index (χ0n) is 16.5. The minimum absolute atomic E-state index is 0.0199. The molecule has 31 heavy (non-hydrogen) atoms. The first kappa shape index (κ1) is 19.4. The maximum atomic E-state index is 13.5. The number of thioether (sulfide) groups is 1. The first-order valence-electron chi connectivity index (χ1n) is 9.83. The van der Waals surface area contributed by atoms with E-state index in [4.69, 9.17) is 0 Å². The van der Waals surface area contributed by atoms with Gasteiger partial charge in [-0.15, -0.1) is 10.2 Å². The second-order valence-electron chi connectivity index (χ2n) is 7.07. The van der Waals surface area contributed by atoms with Crippen molar-refractivity contribution >= 4 is 23.4 Å². The van der Waals surface area contributed by atoms with E-state index in [2.05, 4.69) is 21.2 Å². The van der Waals surface area contributed by atoms with Crippen LogP contribution in [0.5, 0.6) is 0 Å². The van der Waals surface area contributed by atoms with Gasteiger partial charge in [-0.2, -0.15) is 0 Å². The molecule has 154 valence electrons. The van der Waals surface area contributed by atoms with Gasteiger partial charge in [0.15, 0.2) is 11.0 Å². The minimum Gasteiger partial charge on any atom is -0.311 e. The van der Waals surface area contributed by atoms with E-state index >= 15 is 0 Å². The summed E-state index contributed by atoms with van der Waals surface area (Å²) in [5, 5.41) is 9.21. The molecule has 1 aliphatic rings. The number of carbonyl (C=O) groups is 1. The zero-order valence-corrected chi connectivity index (χ0v) is 17.3. The van der Waals surface area contributed by atoms with Crippen molar-refractivity contribution in [2.45, 2.75) is 11.6 Å². The van der Waals surface area contributed by atoms with E-state index in [0.717, 1.165) is 17.7 Å². The monoisotopic (exact) mass is 431 g/mol. The summed E-state index contributed by atoms with van der Waals surface area (Å²) in [5.74, 6) is 0.505. The smallest absolute Gasteiger partial charge is 0.237 e. The molecule has 0 aliphatic carbocycles. The van der Waals surface area contributed by atoms with Gasteiger partial charge in [0.1, 0.15) is 5.82 Å². The maximum absolute atomic E-state index is 13.5. The number of aromatic nitrogens is 4. The molecule has 0 N–H and O–H groups in total. The van der Waals surface area contributed by atoms with Crippen LogP contribution >= 0.6 is 11.8 Å². The largest absolute Gasteiger partial charge is 0.311 e. The van der Waals surface area contributed by atoms with E-state index in [0.29, 0.717) is 23.2 Å². The number of anilines is 1. The molecule has 0 saturated heterocycles. The van der Waals surface area contributed by atoms with E-state index in [-0.39, 0.29) is 17.5 Å². The highest BCUT2D eigenvalue weighted by Gasteiger charge is 2.25. The van der Waals surface area contributed by atoms with Gasteiger partial charge in [0.25, 0.3) is 0 Å². The highest BCUT2D eigenvalue weighted by Crippen LogP contribution is 2.31. The summed E-state index contributed by atoms with van der Waals surface area (Å²) in [6.07, 6.45) is 4.25. The van der Waals surface area contributed by atoms with Gasteiger partial charge in [-0.1, -0.05) is 30.0 Å². The number of pyridine rings is 1. The Morgan fingerprint density at radius 1 is 1.03 bits per heavy atom. The Bertz CT molecular complexity index is 1230. The van der Waals surface area contributed by atoms with Crippen molar-refractivity contribution in [3.8, 4) is 17.1 Å². The summed E-state index contributed by atoms with van der Waals surface area (Å²) in [4.78, 5) is 18.9. The number of rotatable bonds is 5. The SMILES string of the molecule is O=C(CSc1nnc(-c2cccnc2)n1-c1ccc(F)cc1)N1CCc2ccccc21. The van der Waals surface area contributed by atoms with Gasteiger partial charge in [0.05, 0.1) is 5.75 Å². The normalized spacial score (nSPS) is 12.7. The molecule has 0 saturated carbocycles. The Kier molecular flexibility index (Phi) is 5.21. The van der Waals surface area contributed by atoms with Crippen LogP contribution < -0.4 is 4.90 Å². The van der Waals surface area contributed by atoms with Crippen molar-refractivity contribution in [1.29, 1.82) is 0 Å². The molecule has 2 aromatic heterocycles. The van der Waals surface area contributed by atoms with Crippen molar-refractivity contribution < 1.29 is 9.18 Å². The summed E-state index contributed by atoms with van der Waals surface area (Å²) in [7, 11) is 0. The van der Waals surface area contributed by atoms with E-state index in [9.17, 15) is 9.18 Å². The highest BCUT2D eigenvalue weighted by atomic mass is 32.2. The first-order valence-corrected chi connectivity index (χ1v) is 10.8. The van der Waals surface area contributed by atoms with Gasteiger partial charge in [-0.05, 0) is 54.4 Å². The van der Waals surface area contributed by atoms with Gasteiger partial charge >= 0.3 is 0 Å². The topological polar surface area (TPSA) is 63.9 Å². The average Bonchev–Trinajstić information content (AvgIpc) is 3.43. The van der Waals surface area contributed by atoms with Crippen molar-refractivity contribution in [2.75, 3.05) is 17.2 Å². The molecule has 0 atom stereocenters. The molecule has 6 nitrogen and oxygen atoms in total. The lowest BCUT2D eigenvalue weighted by molar-refractivity contribution is -0.116. The lowest BCUT2D eigenvalue weighted by Gasteiger charge is -2.17. The van der Waals surface area contributed by atoms with E-state index in [1.54, 1.807) is 24.5 Å². The average molecular weight is 431 g/mol. The van der Waals surface area contributed by atoms with Crippen LogP contribution in [-0.2, 0) is 11.2 Å². The highest BCUT2D eigenvalue weighted by molar-refractivity contribution is 7.99. The number of nitrogens with zero attached hydrogens (tertiary/aromatic N) is 5. The number of amides is 1. The van der Waals surface area contributed by atoms with Crippen LogP contribution in [0.2, 0.25) is 0 Å². The van der Waals surface area contributed by atoms with Crippen LogP contribution in [0.3, 0.4) is 0 Å². The lowest BCUT2D eigenvalue weighted by Crippen LogP contribution is -2.30. The van der Waals surface area contributed by atoms with Crippen LogP contribution in [0.4, 0.5) is 10.1 Å². The third kappa shape index (κ3) is 3.82. The molecule has 1 amide bonds. The number of benzene rings is 2. The Morgan fingerprint density at radius 3 is 2.68 bits per heavy atom. The summed E-state index contributed by atoms with van der Waals surface area (Å²) in [5.41, 5.74) is 3.66. The second kappa shape index (κ2) is 8.31. The predicted molar refractivity (Wildman–Crippen MR) is 118 cm³/mol. The molecule has 0 fully saturated rings. The molecule has 3 heterocycles. The van der Waals surface area contributed by atoms with Crippen molar-refractivity contribution in [3.05, 3.63) is 84.4 Å². The van der Waals surface area contributed by atoms with Crippen molar-refractivity contribution in [3.63, 3.8) is 0 Å². The Balaban J connectivity index is 1.44. The molecule has 0 unspecified atom stereocenters. The Labute approximate surface area is 182 Å². The Morgan fingerprint density at radius 2 is 1.87 bits per heavy atom. The first-order chi connectivity index (χ1) is 15.2. The van der Waals surface area contributed by atoms with Crippen LogP contribution in [0.1, 0.15) is 5.56 Å². The number of hydrogen-bond acceptors (Lipinski definition) is 5. The quantitative estimate of drug-likeness (QED) is 0.444. The molecule has 5 rings (SSSR count). The van der Waals surface area contributed by atoms with Gasteiger partial charge in [0, 0.05) is 35.9 Å². The molecule has 2 aromatic carbocycles. The predicted octanol–water partition coefficient (Wildman–Crippen LogP) is 4.15. The standard InChI is InChI=1S/C23H18FN5OS/c24-18-7-9-19(10-8-18)29-22(17-5-3-12-25-14-17)26-27-23(29)31-15-21(30)28-13-11-16-4-1-2-6-20(16)28/h1-10,12,14H,11,13,15H2. The molecule has 0 radical (unpaired) electrons. The molecule has 4 aromatic rings. The summed E-state index contributed by atoms with van der Waals surface area (Å²) < 4.78 is 15.3. The molecular formula is C23H18FN5OS. The number of para-hydroxylation sites is 1. The summed E-state index contributed by atoms with van der Waals surface area (Å²) in [6.45, 7) is 0.685.